The van der Waals surface area contributed by atoms with Gasteiger partial charge in [-0.1, -0.05) is 23.7 Å². The number of rotatable bonds is 4. The Bertz CT molecular complexity index is 1090. The Morgan fingerprint density at radius 3 is 2.35 bits per heavy atom. The number of hydrogen-bond donors (Lipinski definition) is 0. The Balaban J connectivity index is 1.56. The lowest BCUT2D eigenvalue weighted by molar-refractivity contribution is 0.483. The summed E-state index contributed by atoms with van der Waals surface area (Å²) < 4.78 is 8.08. The molecule has 3 nitrogen and oxygen atoms in total. The van der Waals surface area contributed by atoms with Crippen molar-refractivity contribution in [1.29, 1.82) is 5.26 Å². The van der Waals surface area contributed by atoms with Gasteiger partial charge in [-0.05, 0) is 66.2 Å². The summed E-state index contributed by atoms with van der Waals surface area (Å²) in [6.07, 6.45) is 2.06. The molecule has 0 bridgehead atoms. The molecule has 0 spiro atoms. The fraction of sp³-hybridized carbons (Fsp3) is 0.0455. The number of nitrogens with zero attached hydrogens (tertiary/aromatic N) is 2. The van der Waals surface area contributed by atoms with Gasteiger partial charge in [0, 0.05) is 28.7 Å². The SMILES string of the molecule is N#Cc1ccc(Cn2ccc3cc(Oc4ccc(Cl)cc4)ccc32)cc1. The molecule has 1 aromatic heterocycles. The molecule has 0 saturated carbocycles. The number of fused-ring (bicyclic) bond motifs is 1. The topological polar surface area (TPSA) is 38.0 Å². The lowest BCUT2D eigenvalue weighted by Crippen LogP contribution is -1.97. The monoisotopic (exact) mass is 358 g/mol. The van der Waals surface area contributed by atoms with Gasteiger partial charge in [-0.2, -0.15) is 5.26 Å². The molecule has 1 heterocycles. The van der Waals surface area contributed by atoms with Crippen LogP contribution in [0, 0.1) is 11.3 Å². The minimum Gasteiger partial charge on any atom is -0.457 e. The fourth-order valence-electron chi connectivity index (χ4n) is 2.90. The maximum atomic E-state index is 8.90. The molecule has 0 radical (unpaired) electrons. The molecular formula is C22H15ClN2O. The number of aromatic nitrogens is 1. The molecule has 0 atom stereocenters. The summed E-state index contributed by atoms with van der Waals surface area (Å²) in [6, 6.07) is 25.3. The number of nitriles is 1. The standard InChI is InChI=1S/C22H15ClN2O/c23-19-5-7-20(8-6-19)26-21-9-10-22-18(13-21)11-12-25(22)15-17-3-1-16(14-24)2-4-17/h1-13H,15H2. The van der Waals surface area contributed by atoms with Crippen LogP contribution in [0.5, 0.6) is 11.5 Å². The van der Waals surface area contributed by atoms with Crippen LogP contribution in [0.4, 0.5) is 0 Å². The second-order valence-electron chi connectivity index (χ2n) is 6.03. The van der Waals surface area contributed by atoms with Gasteiger partial charge in [-0.3, -0.25) is 0 Å². The van der Waals surface area contributed by atoms with Crippen LogP contribution in [0.15, 0.2) is 79.0 Å². The van der Waals surface area contributed by atoms with E-state index in [9.17, 15) is 0 Å². The van der Waals surface area contributed by atoms with Gasteiger partial charge in [0.2, 0.25) is 0 Å². The zero-order valence-electron chi connectivity index (χ0n) is 13.9. The summed E-state index contributed by atoms with van der Waals surface area (Å²) in [6.45, 7) is 0.757. The second-order valence-corrected chi connectivity index (χ2v) is 6.47. The average Bonchev–Trinajstić information content (AvgIpc) is 3.06. The second kappa shape index (κ2) is 6.95. The fourth-order valence-corrected chi connectivity index (χ4v) is 3.03. The highest BCUT2D eigenvalue weighted by Gasteiger charge is 2.05. The van der Waals surface area contributed by atoms with Gasteiger partial charge < -0.3 is 9.30 Å². The summed E-state index contributed by atoms with van der Waals surface area (Å²) in [5.41, 5.74) is 2.97. The van der Waals surface area contributed by atoms with E-state index in [1.54, 1.807) is 0 Å². The van der Waals surface area contributed by atoms with Crippen molar-refractivity contribution in [2.24, 2.45) is 0 Å². The van der Waals surface area contributed by atoms with E-state index in [1.165, 1.54) is 0 Å². The van der Waals surface area contributed by atoms with Crippen molar-refractivity contribution in [3.8, 4) is 17.6 Å². The summed E-state index contributed by atoms with van der Waals surface area (Å²) in [4.78, 5) is 0. The van der Waals surface area contributed by atoms with Crippen molar-refractivity contribution in [3.63, 3.8) is 0 Å². The van der Waals surface area contributed by atoms with Crippen LogP contribution in [0.3, 0.4) is 0 Å². The lowest BCUT2D eigenvalue weighted by atomic mass is 10.1. The molecule has 26 heavy (non-hydrogen) atoms. The zero-order chi connectivity index (χ0) is 17.9. The minimum absolute atomic E-state index is 0.676. The Hall–Kier alpha value is -3.22. The molecule has 126 valence electrons. The molecule has 0 amide bonds. The van der Waals surface area contributed by atoms with E-state index < -0.39 is 0 Å². The normalized spacial score (nSPS) is 10.6. The summed E-state index contributed by atoms with van der Waals surface area (Å²) in [5.74, 6) is 1.54. The van der Waals surface area contributed by atoms with Crippen molar-refractivity contribution >= 4 is 22.5 Å². The van der Waals surface area contributed by atoms with Gasteiger partial charge >= 0.3 is 0 Å². The van der Waals surface area contributed by atoms with Crippen LogP contribution in [-0.2, 0) is 6.54 Å². The highest BCUT2D eigenvalue weighted by Crippen LogP contribution is 2.27. The van der Waals surface area contributed by atoms with E-state index in [-0.39, 0.29) is 0 Å². The third-order valence-corrected chi connectivity index (χ3v) is 4.48. The molecule has 4 rings (SSSR count). The van der Waals surface area contributed by atoms with Crippen LogP contribution in [0.25, 0.3) is 10.9 Å². The summed E-state index contributed by atoms with van der Waals surface area (Å²) in [5, 5.41) is 10.7. The van der Waals surface area contributed by atoms with Gasteiger partial charge in [-0.25, -0.2) is 0 Å². The van der Waals surface area contributed by atoms with Crippen molar-refractivity contribution in [3.05, 3.63) is 95.1 Å². The molecule has 0 saturated heterocycles. The van der Waals surface area contributed by atoms with Crippen molar-refractivity contribution in [2.75, 3.05) is 0 Å². The predicted octanol–water partition coefficient (Wildman–Crippen LogP) is 6.01. The first-order valence-electron chi connectivity index (χ1n) is 8.23. The van der Waals surface area contributed by atoms with E-state index in [4.69, 9.17) is 21.6 Å². The van der Waals surface area contributed by atoms with Gasteiger partial charge in [0.05, 0.1) is 11.6 Å². The number of ether oxygens (including phenoxy) is 1. The van der Waals surface area contributed by atoms with E-state index in [1.807, 2.05) is 60.7 Å². The largest absolute Gasteiger partial charge is 0.457 e. The first-order chi connectivity index (χ1) is 12.7. The Labute approximate surface area is 156 Å². The Morgan fingerprint density at radius 2 is 1.62 bits per heavy atom. The van der Waals surface area contributed by atoms with Gasteiger partial charge in [0.15, 0.2) is 0 Å². The van der Waals surface area contributed by atoms with E-state index in [0.717, 1.165) is 34.5 Å². The molecule has 0 aliphatic rings. The third-order valence-electron chi connectivity index (χ3n) is 4.23. The number of halogens is 1. The number of hydrogen-bond acceptors (Lipinski definition) is 2. The van der Waals surface area contributed by atoms with Crippen LogP contribution in [0.2, 0.25) is 5.02 Å². The molecule has 0 aliphatic heterocycles. The predicted molar refractivity (Wildman–Crippen MR) is 104 cm³/mol. The van der Waals surface area contributed by atoms with Gasteiger partial charge in [-0.15, -0.1) is 0 Å². The maximum Gasteiger partial charge on any atom is 0.128 e. The lowest BCUT2D eigenvalue weighted by Gasteiger charge is -2.08. The first kappa shape index (κ1) is 16.3. The third kappa shape index (κ3) is 3.42. The summed E-state index contributed by atoms with van der Waals surface area (Å²) >= 11 is 5.90. The molecule has 0 N–H and O–H groups in total. The van der Waals surface area contributed by atoms with E-state index >= 15 is 0 Å². The van der Waals surface area contributed by atoms with Crippen LogP contribution in [0.1, 0.15) is 11.1 Å². The van der Waals surface area contributed by atoms with E-state index in [0.29, 0.717) is 10.6 Å². The quantitative estimate of drug-likeness (QED) is 0.448. The average molecular weight is 359 g/mol. The zero-order valence-corrected chi connectivity index (χ0v) is 14.6. The highest BCUT2D eigenvalue weighted by atomic mass is 35.5. The molecule has 0 unspecified atom stereocenters. The van der Waals surface area contributed by atoms with E-state index in [2.05, 4.69) is 29.0 Å². The first-order valence-corrected chi connectivity index (χ1v) is 8.60. The maximum absolute atomic E-state index is 8.90. The van der Waals surface area contributed by atoms with Gasteiger partial charge in [0.25, 0.3) is 0 Å². The molecule has 3 aromatic carbocycles. The molecular weight excluding hydrogens is 344 g/mol. The smallest absolute Gasteiger partial charge is 0.128 e. The van der Waals surface area contributed by atoms with Crippen molar-refractivity contribution in [2.45, 2.75) is 6.54 Å². The van der Waals surface area contributed by atoms with Crippen molar-refractivity contribution < 1.29 is 4.74 Å². The van der Waals surface area contributed by atoms with Crippen LogP contribution >= 0.6 is 11.6 Å². The minimum atomic E-state index is 0.676. The Morgan fingerprint density at radius 1 is 0.885 bits per heavy atom. The molecule has 0 fully saturated rings. The van der Waals surface area contributed by atoms with Crippen molar-refractivity contribution in [1.82, 2.24) is 4.57 Å². The van der Waals surface area contributed by atoms with Crippen LogP contribution in [-0.4, -0.2) is 4.57 Å². The highest BCUT2D eigenvalue weighted by molar-refractivity contribution is 6.30. The summed E-state index contributed by atoms with van der Waals surface area (Å²) in [7, 11) is 0. The van der Waals surface area contributed by atoms with Crippen LogP contribution < -0.4 is 4.74 Å². The molecule has 0 aliphatic carbocycles. The number of benzene rings is 3. The molecule has 4 heteroatoms. The van der Waals surface area contributed by atoms with Gasteiger partial charge in [0.1, 0.15) is 11.5 Å². The molecule has 4 aromatic rings. The Kier molecular flexibility index (Phi) is 4.35.